The van der Waals surface area contributed by atoms with Gasteiger partial charge in [0.05, 0.1) is 34.7 Å². The first-order valence-electron chi connectivity index (χ1n) is 5.79. The Morgan fingerprint density at radius 3 is 0.692 bits per heavy atom. The van der Waals surface area contributed by atoms with Gasteiger partial charge in [-0.1, -0.05) is 48.6 Å². The van der Waals surface area contributed by atoms with Crippen molar-refractivity contribution in [3.8, 4) is 0 Å². The van der Waals surface area contributed by atoms with Crippen molar-refractivity contribution < 1.29 is 245 Å². The maximum absolute atomic E-state index is 10.3. The van der Waals surface area contributed by atoms with E-state index in [1.807, 2.05) is 0 Å². The average molecular weight is 461 g/mol. The summed E-state index contributed by atoms with van der Waals surface area (Å²) in [5.41, 5.74) is -4.11. The number of carbonyl (C=O) groups is 4. The molecule has 0 aromatic heterocycles. The van der Waals surface area contributed by atoms with Crippen LogP contribution in [0.2, 0.25) is 0 Å². The molecule has 0 atom stereocenters. The van der Waals surface area contributed by atoms with Gasteiger partial charge in [-0.2, -0.15) is 0 Å². The smallest absolute Gasteiger partial charge is 0.548 e. The zero-order valence-corrected chi connectivity index (χ0v) is 27.4. The molecule has 2 aliphatic rings. The van der Waals surface area contributed by atoms with E-state index in [4.69, 9.17) is 0 Å². The van der Waals surface area contributed by atoms with Crippen LogP contribution in [0.25, 0.3) is 0 Å². The van der Waals surface area contributed by atoms with Crippen molar-refractivity contribution >= 4 is 23.9 Å². The number of aliphatic carboxylic acids is 4. The number of hydrogen-bond acceptors (Lipinski definition) is 8. The molecule has 0 aromatic carbocycles. The Bertz CT molecular complexity index is 539. The van der Waals surface area contributed by atoms with E-state index in [-0.39, 0.29) is 206 Å². The van der Waals surface area contributed by atoms with Crippen LogP contribution in [0, 0.1) is 10.8 Å². The van der Waals surface area contributed by atoms with Gasteiger partial charge in [-0.25, -0.2) is 0 Å². The second kappa shape index (κ2) is 17.0. The zero-order chi connectivity index (χ0) is 17.0. The van der Waals surface area contributed by atoms with Gasteiger partial charge in [-0.3, -0.25) is 0 Å². The van der Waals surface area contributed by atoms with Crippen molar-refractivity contribution in [2.24, 2.45) is 10.8 Å². The SMILES string of the molecule is O=C([O-])C1(C(=O)[O-])C=CC=C1.O=C([O-])C1(C(=O)[O-])C=CC=C1.[K+].[K+].[K+].[K+]. The van der Waals surface area contributed by atoms with Crippen LogP contribution < -0.4 is 226 Å². The molecule has 2 aliphatic carbocycles. The summed E-state index contributed by atoms with van der Waals surface area (Å²) in [6.45, 7) is 0. The molecule has 0 unspecified atom stereocenters. The minimum atomic E-state index is -2.06. The minimum Gasteiger partial charge on any atom is -0.548 e. The molecule has 0 fully saturated rings. The van der Waals surface area contributed by atoms with Crippen molar-refractivity contribution in [1.82, 2.24) is 0 Å². The van der Waals surface area contributed by atoms with Gasteiger partial charge in [0, 0.05) is 0 Å². The van der Waals surface area contributed by atoms with Crippen molar-refractivity contribution in [2.45, 2.75) is 0 Å². The Hall–Kier alpha value is 3.39. The van der Waals surface area contributed by atoms with Crippen molar-refractivity contribution in [3.05, 3.63) is 48.6 Å². The second-order valence-corrected chi connectivity index (χ2v) is 4.32. The van der Waals surface area contributed by atoms with Gasteiger partial charge < -0.3 is 39.6 Å². The number of rotatable bonds is 4. The third-order valence-electron chi connectivity index (χ3n) is 3.01. The summed E-state index contributed by atoms with van der Waals surface area (Å²) < 4.78 is 0. The molecular weight excluding hydrogens is 453 g/mol. The molecule has 0 saturated carbocycles. The first kappa shape index (κ1) is 36.7. The average Bonchev–Trinajstić information content (AvgIpc) is 3.10. The molecule has 8 nitrogen and oxygen atoms in total. The Labute approximate surface area is 319 Å². The second-order valence-electron chi connectivity index (χ2n) is 4.32. The van der Waals surface area contributed by atoms with E-state index in [1.165, 1.54) is 24.3 Å². The summed E-state index contributed by atoms with van der Waals surface area (Å²) in [5.74, 6) is -6.71. The van der Waals surface area contributed by atoms with Gasteiger partial charge in [0.2, 0.25) is 0 Å². The van der Waals surface area contributed by atoms with Crippen LogP contribution in [0.5, 0.6) is 0 Å². The number of allylic oxidation sites excluding steroid dienone is 4. The molecule has 0 N–H and O–H groups in total. The molecule has 26 heavy (non-hydrogen) atoms. The molecule has 0 aromatic rings. The van der Waals surface area contributed by atoms with E-state index < -0.39 is 34.7 Å². The van der Waals surface area contributed by atoms with Crippen LogP contribution >= 0.6 is 0 Å². The standard InChI is InChI=1S/2C7H6O4.4K/c2*8-5(9)7(6(10)11)3-1-2-4-7;;;;/h2*1-4H,(H,8,9)(H,10,11);;;;/q;;4*+1/p-4. The van der Waals surface area contributed by atoms with E-state index in [1.54, 1.807) is 0 Å². The molecule has 0 radical (unpaired) electrons. The molecular formula is C14H8K4O8. The van der Waals surface area contributed by atoms with Gasteiger partial charge in [0.1, 0.15) is 0 Å². The van der Waals surface area contributed by atoms with Crippen LogP contribution in [0.15, 0.2) is 48.6 Å². The van der Waals surface area contributed by atoms with Crippen molar-refractivity contribution in [3.63, 3.8) is 0 Å². The van der Waals surface area contributed by atoms with Crippen LogP contribution in [0.1, 0.15) is 0 Å². The maximum Gasteiger partial charge on any atom is 1.00 e. The molecule has 0 amide bonds. The van der Waals surface area contributed by atoms with Crippen LogP contribution in [-0.4, -0.2) is 23.9 Å². The third-order valence-corrected chi connectivity index (χ3v) is 3.01. The predicted octanol–water partition coefficient (Wildman–Crippen LogP) is -16.8. The number of carbonyl (C=O) groups excluding carboxylic acids is 4. The van der Waals surface area contributed by atoms with Crippen molar-refractivity contribution in [1.29, 1.82) is 0 Å². The summed E-state index contributed by atoms with van der Waals surface area (Å²) in [5, 5.41) is 41.3. The molecule has 0 spiro atoms. The molecule has 116 valence electrons. The van der Waals surface area contributed by atoms with E-state index in [9.17, 15) is 39.6 Å². The van der Waals surface area contributed by atoms with E-state index >= 15 is 0 Å². The van der Waals surface area contributed by atoms with Gasteiger partial charge in [-0.05, 0) is 0 Å². The molecule has 0 aliphatic heterocycles. The van der Waals surface area contributed by atoms with Crippen molar-refractivity contribution in [2.75, 3.05) is 0 Å². The molecule has 2 rings (SSSR count). The molecule has 0 bridgehead atoms. The normalized spacial score (nSPS) is 15.7. The van der Waals surface area contributed by atoms with E-state index in [2.05, 4.69) is 0 Å². The van der Waals surface area contributed by atoms with Crippen LogP contribution in [-0.2, 0) is 19.2 Å². The fraction of sp³-hybridized carbons (Fsp3) is 0.143. The monoisotopic (exact) mass is 460 g/mol. The summed E-state index contributed by atoms with van der Waals surface area (Å²) >= 11 is 0. The predicted molar refractivity (Wildman–Crippen MR) is 61.5 cm³/mol. The number of hydrogen-bond donors (Lipinski definition) is 0. The fourth-order valence-corrected chi connectivity index (χ4v) is 1.65. The van der Waals surface area contributed by atoms with Gasteiger partial charge >= 0.3 is 206 Å². The summed E-state index contributed by atoms with van der Waals surface area (Å²) in [6.07, 6.45) is 9.35. The zero-order valence-electron chi connectivity index (χ0n) is 14.9. The van der Waals surface area contributed by atoms with E-state index in [0.717, 1.165) is 24.3 Å². The Balaban J connectivity index is -0.000000161. The van der Waals surface area contributed by atoms with Crippen LogP contribution in [0.3, 0.4) is 0 Å². The molecule has 0 heterocycles. The summed E-state index contributed by atoms with van der Waals surface area (Å²) in [6, 6.07) is 0. The molecule has 12 heteroatoms. The topological polar surface area (TPSA) is 161 Å². The quantitative estimate of drug-likeness (QED) is 0.295. The Kier molecular flexibility index (Phi) is 24.0. The van der Waals surface area contributed by atoms with Gasteiger partial charge in [0.25, 0.3) is 0 Å². The Morgan fingerprint density at radius 2 is 0.615 bits per heavy atom. The summed E-state index contributed by atoms with van der Waals surface area (Å²) in [7, 11) is 0. The van der Waals surface area contributed by atoms with Gasteiger partial charge in [-0.15, -0.1) is 0 Å². The Morgan fingerprint density at radius 1 is 0.462 bits per heavy atom. The number of carboxylic acid groups (broad SMARTS) is 4. The fourth-order valence-electron chi connectivity index (χ4n) is 1.65. The number of carboxylic acids is 4. The third kappa shape index (κ3) is 9.26. The van der Waals surface area contributed by atoms with E-state index in [0.29, 0.717) is 0 Å². The molecule has 0 saturated heterocycles. The maximum atomic E-state index is 10.3. The summed E-state index contributed by atoms with van der Waals surface area (Å²) in [4.78, 5) is 41.3. The first-order chi connectivity index (χ1) is 10.2. The minimum absolute atomic E-state index is 0. The largest absolute Gasteiger partial charge is 1.00 e. The van der Waals surface area contributed by atoms with Crippen LogP contribution in [0.4, 0.5) is 0 Å². The van der Waals surface area contributed by atoms with Gasteiger partial charge in [0.15, 0.2) is 0 Å². The first-order valence-corrected chi connectivity index (χ1v) is 5.79.